The Hall–Kier alpha value is -1.65. The molecule has 5 heteroatoms. The van der Waals surface area contributed by atoms with E-state index in [1.807, 2.05) is 24.3 Å². The van der Waals surface area contributed by atoms with Crippen LogP contribution in [-0.2, 0) is 4.74 Å². The molecule has 0 spiro atoms. The topological polar surface area (TPSA) is 48.2 Å². The molecule has 1 fully saturated rings. The summed E-state index contributed by atoms with van der Waals surface area (Å²) in [5, 5.41) is 1.31. The molecular formula is C14H11ClN2O2. The lowest BCUT2D eigenvalue weighted by Gasteiger charge is -2.07. The van der Waals surface area contributed by atoms with Gasteiger partial charge in [-0.1, -0.05) is 23.7 Å². The fourth-order valence-electron chi connectivity index (χ4n) is 2.50. The van der Waals surface area contributed by atoms with Crippen LogP contribution in [0.4, 0.5) is 0 Å². The second-order valence-electron chi connectivity index (χ2n) is 4.65. The third-order valence-corrected chi connectivity index (χ3v) is 3.67. The van der Waals surface area contributed by atoms with Gasteiger partial charge in [0.25, 0.3) is 0 Å². The summed E-state index contributed by atoms with van der Waals surface area (Å²) in [4.78, 5) is 8.91. The van der Waals surface area contributed by atoms with E-state index in [4.69, 9.17) is 20.8 Å². The van der Waals surface area contributed by atoms with Crippen molar-refractivity contribution in [1.29, 1.82) is 0 Å². The van der Waals surface area contributed by atoms with Gasteiger partial charge in [0, 0.05) is 12.0 Å². The van der Waals surface area contributed by atoms with Gasteiger partial charge in [0.1, 0.15) is 17.2 Å². The number of rotatable bonds is 1. The molecule has 3 aromatic rings. The van der Waals surface area contributed by atoms with Crippen LogP contribution >= 0.6 is 11.6 Å². The maximum atomic E-state index is 6.21. The number of nitrogens with zero attached hydrogens (tertiary/aromatic N) is 2. The molecule has 0 aliphatic carbocycles. The predicted molar refractivity (Wildman–Crippen MR) is 72.2 cm³/mol. The van der Waals surface area contributed by atoms with Crippen LogP contribution in [0.1, 0.15) is 24.8 Å². The molecule has 4 nitrogen and oxygen atoms in total. The van der Waals surface area contributed by atoms with Crippen molar-refractivity contribution in [3.63, 3.8) is 0 Å². The highest BCUT2D eigenvalue weighted by molar-refractivity contribution is 6.34. The minimum atomic E-state index is -0.0458. The molecule has 0 N–H and O–H groups in total. The molecule has 1 aliphatic rings. The zero-order valence-corrected chi connectivity index (χ0v) is 10.9. The average molecular weight is 275 g/mol. The maximum Gasteiger partial charge on any atom is 0.191 e. The summed E-state index contributed by atoms with van der Waals surface area (Å²) >= 11 is 6.21. The maximum absolute atomic E-state index is 6.21. The molecule has 1 aromatic carbocycles. The Morgan fingerprint density at radius 2 is 2.11 bits per heavy atom. The molecule has 0 bridgehead atoms. The Balaban J connectivity index is 2.00. The lowest BCUT2D eigenvalue weighted by Crippen LogP contribution is -2.02. The number of ether oxygens (including phenoxy) is 1. The van der Waals surface area contributed by atoms with Crippen molar-refractivity contribution in [2.75, 3.05) is 6.61 Å². The van der Waals surface area contributed by atoms with Crippen molar-refractivity contribution >= 4 is 33.7 Å². The van der Waals surface area contributed by atoms with Crippen molar-refractivity contribution in [3.05, 3.63) is 35.2 Å². The van der Waals surface area contributed by atoms with Gasteiger partial charge in [0.05, 0.1) is 0 Å². The van der Waals surface area contributed by atoms with Gasteiger partial charge in [-0.2, -0.15) is 0 Å². The van der Waals surface area contributed by atoms with Crippen LogP contribution in [0.25, 0.3) is 22.1 Å². The van der Waals surface area contributed by atoms with Gasteiger partial charge in [-0.05, 0) is 25.0 Å². The summed E-state index contributed by atoms with van der Waals surface area (Å²) in [6, 6.07) is 7.76. The normalized spacial score (nSPS) is 19.5. The van der Waals surface area contributed by atoms with E-state index in [-0.39, 0.29) is 6.10 Å². The van der Waals surface area contributed by atoms with Crippen LogP contribution in [0.15, 0.2) is 28.7 Å². The Morgan fingerprint density at radius 3 is 2.95 bits per heavy atom. The molecule has 4 rings (SSSR count). The van der Waals surface area contributed by atoms with Crippen LogP contribution in [0.2, 0.25) is 5.15 Å². The van der Waals surface area contributed by atoms with Crippen LogP contribution in [0, 0.1) is 0 Å². The van der Waals surface area contributed by atoms with Gasteiger partial charge in [-0.25, -0.2) is 9.97 Å². The molecule has 0 unspecified atom stereocenters. The van der Waals surface area contributed by atoms with Crippen LogP contribution in [0.5, 0.6) is 0 Å². The van der Waals surface area contributed by atoms with E-state index in [0.29, 0.717) is 16.6 Å². The molecule has 2 aromatic heterocycles. The Morgan fingerprint density at radius 1 is 1.21 bits per heavy atom. The summed E-state index contributed by atoms with van der Waals surface area (Å²) in [6.07, 6.45) is 1.93. The lowest BCUT2D eigenvalue weighted by atomic mass is 10.2. The van der Waals surface area contributed by atoms with Crippen molar-refractivity contribution in [2.45, 2.75) is 18.9 Å². The third-order valence-electron chi connectivity index (χ3n) is 3.41. The number of benzene rings is 1. The van der Waals surface area contributed by atoms with E-state index in [1.54, 1.807) is 0 Å². The van der Waals surface area contributed by atoms with E-state index in [0.717, 1.165) is 35.9 Å². The summed E-state index contributed by atoms with van der Waals surface area (Å²) in [7, 11) is 0. The molecule has 0 amide bonds. The van der Waals surface area contributed by atoms with Crippen molar-refractivity contribution in [2.24, 2.45) is 0 Å². The fraction of sp³-hybridized carbons (Fsp3) is 0.286. The van der Waals surface area contributed by atoms with Gasteiger partial charge in [-0.15, -0.1) is 0 Å². The van der Waals surface area contributed by atoms with Gasteiger partial charge >= 0.3 is 0 Å². The van der Waals surface area contributed by atoms with E-state index >= 15 is 0 Å². The quantitative estimate of drug-likeness (QED) is 0.632. The zero-order valence-electron chi connectivity index (χ0n) is 10.1. The van der Waals surface area contributed by atoms with Crippen LogP contribution in [-0.4, -0.2) is 16.6 Å². The molecule has 1 atom stereocenters. The third kappa shape index (κ3) is 1.71. The van der Waals surface area contributed by atoms with E-state index < -0.39 is 0 Å². The zero-order chi connectivity index (χ0) is 12.8. The van der Waals surface area contributed by atoms with E-state index in [9.17, 15) is 0 Å². The van der Waals surface area contributed by atoms with Crippen molar-refractivity contribution in [1.82, 2.24) is 9.97 Å². The summed E-state index contributed by atoms with van der Waals surface area (Å²) in [5.41, 5.74) is 2.09. The molecule has 0 saturated carbocycles. The molecule has 19 heavy (non-hydrogen) atoms. The van der Waals surface area contributed by atoms with Gasteiger partial charge < -0.3 is 9.15 Å². The first-order valence-electron chi connectivity index (χ1n) is 6.29. The number of halogens is 1. The minimum absolute atomic E-state index is 0.0458. The second kappa shape index (κ2) is 4.18. The first-order valence-corrected chi connectivity index (χ1v) is 6.67. The first kappa shape index (κ1) is 11.2. The molecule has 1 aliphatic heterocycles. The number of furan rings is 1. The van der Waals surface area contributed by atoms with E-state index in [2.05, 4.69) is 9.97 Å². The Labute approximate surface area is 114 Å². The highest BCUT2D eigenvalue weighted by Gasteiger charge is 2.23. The number of hydrogen-bond acceptors (Lipinski definition) is 4. The highest BCUT2D eigenvalue weighted by Crippen LogP contribution is 2.34. The summed E-state index contributed by atoms with van der Waals surface area (Å²) in [6.45, 7) is 0.760. The average Bonchev–Trinajstić information content (AvgIpc) is 3.06. The predicted octanol–water partition coefficient (Wildman–Crippen LogP) is 3.88. The summed E-state index contributed by atoms with van der Waals surface area (Å²) in [5.74, 6) is 0.654. The number of hydrogen-bond donors (Lipinski definition) is 0. The molecule has 1 saturated heterocycles. The van der Waals surface area contributed by atoms with Crippen LogP contribution in [0.3, 0.4) is 0 Å². The molecule has 96 valence electrons. The number of fused-ring (bicyclic) bond motifs is 3. The SMILES string of the molecule is Clc1nc([C@H]2CCCO2)nc2c1oc1ccccc12. The van der Waals surface area contributed by atoms with Gasteiger partial charge in [0.2, 0.25) is 0 Å². The van der Waals surface area contributed by atoms with Gasteiger partial charge in [-0.3, -0.25) is 0 Å². The van der Waals surface area contributed by atoms with Crippen LogP contribution < -0.4 is 0 Å². The first-order chi connectivity index (χ1) is 9.33. The van der Waals surface area contributed by atoms with Gasteiger partial charge in [0.15, 0.2) is 16.6 Å². The molecular weight excluding hydrogens is 264 g/mol. The van der Waals surface area contributed by atoms with E-state index in [1.165, 1.54) is 0 Å². The summed E-state index contributed by atoms with van der Waals surface area (Å²) < 4.78 is 11.3. The van der Waals surface area contributed by atoms with Crippen molar-refractivity contribution in [3.8, 4) is 0 Å². The smallest absolute Gasteiger partial charge is 0.191 e. The minimum Gasteiger partial charge on any atom is -0.451 e. The Kier molecular flexibility index (Phi) is 2.47. The Bertz CT molecular complexity index is 763. The number of para-hydroxylation sites is 1. The monoisotopic (exact) mass is 274 g/mol. The highest BCUT2D eigenvalue weighted by atomic mass is 35.5. The number of aromatic nitrogens is 2. The lowest BCUT2D eigenvalue weighted by molar-refractivity contribution is 0.105. The molecule has 0 radical (unpaired) electrons. The largest absolute Gasteiger partial charge is 0.451 e. The standard InChI is InChI=1S/C14H11ClN2O2/c15-13-12-11(8-4-1-2-5-9(8)19-12)16-14(17-13)10-6-3-7-18-10/h1-2,4-5,10H,3,6-7H2/t10-/m1/s1. The van der Waals surface area contributed by atoms with Crippen molar-refractivity contribution < 1.29 is 9.15 Å². The molecule has 3 heterocycles. The fourth-order valence-corrected chi connectivity index (χ4v) is 2.71. The second-order valence-corrected chi connectivity index (χ2v) is 5.01.